The van der Waals surface area contributed by atoms with Gasteiger partial charge in [-0.1, -0.05) is 6.58 Å². The largest absolute Gasteiger partial charge is 0.578 e. The smallest absolute Gasteiger partial charge is 0.532 e. The van der Waals surface area contributed by atoms with Crippen LogP contribution in [0.2, 0.25) is 19.1 Å². The lowest BCUT2D eigenvalue weighted by molar-refractivity contribution is -0.137. The molecule has 0 aliphatic rings. The number of nitrogens with one attached hydrogen (secondary N) is 1. The summed E-state index contributed by atoms with van der Waals surface area (Å²) in [6.07, 6.45) is 0.431. The van der Waals surface area contributed by atoms with Crippen LogP contribution in [0.15, 0.2) is 12.7 Å². The lowest BCUT2D eigenvalue weighted by atomic mass is 10.5. The summed E-state index contributed by atoms with van der Waals surface area (Å²) in [5.74, 6) is -0.670. The van der Waals surface area contributed by atoms with Gasteiger partial charge in [-0.3, -0.25) is 0 Å². The first-order chi connectivity index (χ1) is 27.3. The van der Waals surface area contributed by atoms with E-state index in [4.69, 9.17) is 13.6 Å². The third-order valence-electron chi connectivity index (χ3n) is 6.29. The Labute approximate surface area is 355 Å². The fourth-order valence-electron chi connectivity index (χ4n) is 3.36. The quantitative estimate of drug-likeness (QED) is 0.0291. The van der Waals surface area contributed by atoms with Gasteiger partial charge in [0.05, 0.1) is 13.2 Å². The molecule has 0 aromatic carbocycles. The Bertz CT molecular complexity index is 2070. The number of hydrogen-bond donors (Lipinski definition) is 1. The second-order valence-corrected chi connectivity index (χ2v) is 102. The van der Waals surface area contributed by atoms with Crippen LogP contribution in [-0.2, 0) is 108 Å². The summed E-state index contributed by atoms with van der Waals surface area (Å²) in [4.78, 5) is 22.5. The molecule has 0 atom stereocenters. The predicted octanol–water partition coefficient (Wildman–Crippen LogP) is -8.23. The van der Waals surface area contributed by atoms with E-state index in [1.807, 2.05) is 0 Å². The van der Waals surface area contributed by atoms with E-state index in [-0.39, 0.29) is 45.4 Å². The molecule has 0 saturated carbocycles. The summed E-state index contributed by atoms with van der Waals surface area (Å²) in [6.45, 7) is 6.04. The van der Waals surface area contributed by atoms with Crippen molar-refractivity contribution < 1.29 is 113 Å². The minimum atomic E-state index is -4.45. The monoisotopic (exact) mass is 1150 g/mol. The molecule has 1 amide bonds. The number of esters is 1. The molecule has 1 N–H and O–H groups in total. The van der Waals surface area contributed by atoms with Crippen molar-refractivity contribution in [2.75, 3.05) is 33.0 Å². The zero-order valence-electron chi connectivity index (χ0n) is 30.0. The van der Waals surface area contributed by atoms with E-state index < -0.39 is 169 Å². The Kier molecular flexibility index (Phi) is 27.9. The van der Waals surface area contributed by atoms with Gasteiger partial charge in [0.2, 0.25) is 8.32 Å². The van der Waals surface area contributed by atoms with Crippen LogP contribution in [0.25, 0.3) is 0 Å². The maximum atomic E-state index is 12.7. The van der Waals surface area contributed by atoms with Crippen molar-refractivity contribution in [3.63, 3.8) is 0 Å². The van der Waals surface area contributed by atoms with Crippen LogP contribution >= 0.6 is 0 Å². The van der Waals surface area contributed by atoms with Gasteiger partial charge in [0.15, 0.2) is 0 Å². The zero-order valence-corrected chi connectivity index (χ0v) is 50.2. The summed E-state index contributed by atoms with van der Waals surface area (Å²) in [6, 6.07) is 0.221. The van der Waals surface area contributed by atoms with Crippen molar-refractivity contribution >= 4 is 169 Å². The molecule has 0 aliphatic carbocycles. The van der Waals surface area contributed by atoms with Gasteiger partial charge >= 0.3 is 161 Å². The summed E-state index contributed by atoms with van der Waals surface area (Å²) < 4.78 is 255. The molecular weight excluding hydrogens is 1130 g/mol. The van der Waals surface area contributed by atoms with Gasteiger partial charge in [0.1, 0.15) is 13.2 Å². The Morgan fingerprint density at radius 1 is 0.542 bits per heavy atom. The Balaban J connectivity index is 5.16. The van der Waals surface area contributed by atoms with Gasteiger partial charge < -0.3 is 108 Å². The van der Waals surface area contributed by atoms with Gasteiger partial charge in [0, 0.05) is 12.7 Å². The van der Waals surface area contributed by atoms with E-state index in [9.17, 15) is 94.4 Å². The predicted molar refractivity (Wildman–Crippen MR) is 203 cm³/mol. The third-order valence-corrected chi connectivity index (χ3v) is 146. The van der Waals surface area contributed by atoms with Crippen molar-refractivity contribution in [3.05, 3.63) is 12.7 Å². The van der Waals surface area contributed by atoms with Crippen LogP contribution in [0.1, 0.15) is 6.42 Å². The number of carbonyl (C=O) groups excluding carboxylic acids is 2. The van der Waals surface area contributed by atoms with Gasteiger partial charge in [-0.2, -0.15) is 0 Å². The molecule has 0 aromatic rings. The average molecular weight is 1160 g/mol. The number of rotatable bonds is 31. The van der Waals surface area contributed by atoms with Crippen LogP contribution < -0.4 is 5.32 Å². The SMILES string of the molecule is C=CC(=O)OCCNC(=O)OCCOCCC[Si](C)(C)O[Si](=O)[Si](=O)[Si](=O)[Si](=O)[Si](=O)[Si](=O)[Si](=O)[Si](=O)[Si](=O)[Si](=O)[Si](=O)[Si](=O)[Si](=O)[Si](=O)[Si](=O)[Si](=O)[Si](=O)[Si](=O)[SiH]=O. The minimum Gasteiger partial charge on any atom is -0.578 e. The highest BCUT2D eigenvalue weighted by Gasteiger charge is 2.56. The molecule has 26 nitrogen and oxygen atoms in total. The van der Waals surface area contributed by atoms with Gasteiger partial charge in [-0.15, -0.1) is 0 Å². The lowest BCUT2D eigenvalue weighted by Crippen LogP contribution is -2.56. The standard InChI is InChI=1S/C13H25NO25Si20/c1-4-12(15)37-8-6-14-13(16)38-10-9-36-7-5-11-59(2,3)39-41(18)43(20)45(22)47(24)49(26)51(28)53(30)55(32)57(34)58(35)56(33)54(31)52(29)50(27)48(25)46(23)44(21)42(19)40-17/h4,40H,1,5-11H2,2-3H3,(H,14,16). The molecule has 0 bridgehead atoms. The number of amides is 1. The van der Waals surface area contributed by atoms with Gasteiger partial charge in [-0.05, 0) is 25.6 Å². The van der Waals surface area contributed by atoms with Crippen LogP contribution in [-0.4, -0.2) is 202 Å². The molecule has 0 fully saturated rings. The zero-order chi connectivity index (χ0) is 45.9. The highest BCUT2D eigenvalue weighted by atomic mass is 30.1. The maximum absolute atomic E-state index is 12.7. The summed E-state index contributed by atoms with van der Waals surface area (Å²) in [5, 5.41) is 2.32. The van der Waals surface area contributed by atoms with E-state index in [2.05, 4.69) is 16.6 Å². The summed E-state index contributed by atoms with van der Waals surface area (Å²) in [5.41, 5.74) is 0. The molecule has 312 valence electrons. The topological polar surface area (TPSA) is 407 Å². The number of carbonyl (C=O) groups is 2. The van der Waals surface area contributed by atoms with Crippen LogP contribution in [0.4, 0.5) is 4.79 Å². The van der Waals surface area contributed by atoms with Crippen molar-refractivity contribution in [2.45, 2.75) is 25.6 Å². The summed E-state index contributed by atoms with van der Waals surface area (Å²) in [7, 11) is -80.4. The summed E-state index contributed by atoms with van der Waals surface area (Å²) >= 11 is 0. The fraction of sp³-hybridized carbons (Fsp3) is 0.692. The first-order valence-electron chi connectivity index (χ1n) is 15.5. The molecule has 59 heavy (non-hydrogen) atoms. The number of alkyl carbamates (subject to hydrolysis) is 1. The minimum absolute atomic E-state index is 0.0171. The fourth-order valence-corrected chi connectivity index (χ4v) is 204. The van der Waals surface area contributed by atoms with Gasteiger partial charge in [-0.25, -0.2) is 9.59 Å². The molecule has 0 radical (unpaired) electrons. The molecule has 0 aliphatic heterocycles. The van der Waals surface area contributed by atoms with E-state index >= 15 is 0 Å². The van der Waals surface area contributed by atoms with Gasteiger partial charge in [0.25, 0.3) is 0 Å². The molecular formula is C13H25NO25Si20. The normalized spacial score (nSPS) is 10.2. The lowest BCUT2D eigenvalue weighted by Gasteiger charge is -2.22. The maximum Gasteiger partial charge on any atom is 0.532 e. The Morgan fingerprint density at radius 2 is 0.915 bits per heavy atom. The van der Waals surface area contributed by atoms with Crippen molar-refractivity contribution in [1.29, 1.82) is 0 Å². The van der Waals surface area contributed by atoms with E-state index in [0.29, 0.717) is 0 Å². The third kappa shape index (κ3) is 19.4. The van der Waals surface area contributed by atoms with E-state index in [1.165, 1.54) is 13.1 Å². The van der Waals surface area contributed by atoms with Crippen LogP contribution in [0.5, 0.6) is 0 Å². The van der Waals surface area contributed by atoms with Crippen LogP contribution in [0, 0.1) is 0 Å². The van der Waals surface area contributed by atoms with E-state index in [1.54, 1.807) is 0 Å². The molecule has 0 heterocycles. The molecule has 46 heteroatoms. The van der Waals surface area contributed by atoms with Crippen molar-refractivity contribution in [1.82, 2.24) is 5.32 Å². The first kappa shape index (κ1) is 57.8. The van der Waals surface area contributed by atoms with E-state index in [0.717, 1.165) is 6.08 Å². The average Bonchev–Trinajstić information content (AvgIpc) is 3.22. The number of ether oxygens (including phenoxy) is 3. The highest BCUT2D eigenvalue weighted by Crippen LogP contribution is 2.14. The molecule has 0 rings (SSSR count). The van der Waals surface area contributed by atoms with Crippen molar-refractivity contribution in [2.24, 2.45) is 0 Å². The Hall–Kier alpha value is -1.22. The second kappa shape index (κ2) is 28.5. The Morgan fingerprint density at radius 3 is 1.29 bits per heavy atom. The molecule has 0 unspecified atom stereocenters. The van der Waals surface area contributed by atoms with Crippen LogP contribution in [0.3, 0.4) is 0 Å². The molecule has 0 aromatic heterocycles. The first-order valence-corrected chi connectivity index (χ1v) is 63.1. The molecule has 0 spiro atoms. The molecule has 0 saturated heterocycles. The number of hydrogen-bond acceptors (Lipinski definition) is 25. The second-order valence-electron chi connectivity index (χ2n) is 11.0. The van der Waals surface area contributed by atoms with Crippen molar-refractivity contribution in [3.8, 4) is 0 Å². The highest BCUT2D eigenvalue weighted by molar-refractivity contribution is 7.82.